The third kappa shape index (κ3) is 3.60. The van der Waals surface area contributed by atoms with Crippen LogP contribution < -0.4 is 0 Å². The maximum Gasteiger partial charge on any atom is 0.305 e. The summed E-state index contributed by atoms with van der Waals surface area (Å²) in [5.74, 6) is -0.811. The van der Waals surface area contributed by atoms with E-state index in [1.54, 1.807) is 4.90 Å². The zero-order chi connectivity index (χ0) is 14.7. The van der Waals surface area contributed by atoms with Crippen LogP contribution in [0.25, 0.3) is 0 Å². The number of nitrogens with zero attached hydrogens (tertiary/aromatic N) is 1. The van der Waals surface area contributed by atoms with Gasteiger partial charge in [-0.05, 0) is 43.0 Å². The van der Waals surface area contributed by atoms with Crippen molar-refractivity contribution in [2.24, 2.45) is 0 Å². The quantitative estimate of drug-likeness (QED) is 0.917. The van der Waals surface area contributed by atoms with Gasteiger partial charge in [0, 0.05) is 17.1 Å². The van der Waals surface area contributed by atoms with E-state index in [1.807, 2.05) is 25.1 Å². The highest BCUT2D eigenvalue weighted by Crippen LogP contribution is 2.23. The second-order valence-corrected chi connectivity index (χ2v) is 6.14. The minimum atomic E-state index is -0.838. The number of aliphatic carboxylic acids is 1. The first kappa shape index (κ1) is 15.0. The van der Waals surface area contributed by atoms with Crippen molar-refractivity contribution in [3.8, 4) is 0 Å². The summed E-state index contributed by atoms with van der Waals surface area (Å²) in [5, 5.41) is 8.89. The molecule has 0 bridgehead atoms. The van der Waals surface area contributed by atoms with E-state index in [1.165, 1.54) is 0 Å². The van der Waals surface area contributed by atoms with Crippen LogP contribution >= 0.6 is 15.9 Å². The normalized spacial score (nSPS) is 18.3. The minimum absolute atomic E-state index is 0.0270. The van der Waals surface area contributed by atoms with Gasteiger partial charge in [-0.25, -0.2) is 0 Å². The third-order valence-electron chi connectivity index (χ3n) is 3.75. The van der Waals surface area contributed by atoms with Crippen molar-refractivity contribution in [2.75, 3.05) is 6.54 Å². The molecule has 1 amide bonds. The number of carboxylic acids is 1. The number of carbonyl (C=O) groups excluding carboxylic acids is 1. The highest BCUT2D eigenvalue weighted by molar-refractivity contribution is 9.10. The lowest BCUT2D eigenvalue weighted by Crippen LogP contribution is -2.37. The van der Waals surface area contributed by atoms with E-state index >= 15 is 0 Å². The lowest BCUT2D eigenvalue weighted by atomic mass is 10.0. The number of carboxylic acid groups (broad SMARTS) is 1. The number of rotatable bonds is 4. The van der Waals surface area contributed by atoms with Crippen molar-refractivity contribution in [1.82, 2.24) is 4.90 Å². The average molecular weight is 340 g/mol. The summed E-state index contributed by atoms with van der Waals surface area (Å²) in [7, 11) is 0. The first-order chi connectivity index (χ1) is 9.47. The first-order valence-corrected chi connectivity index (χ1v) is 7.53. The number of hydrogen-bond donors (Lipinski definition) is 1. The molecule has 2 rings (SSSR count). The standard InChI is InChI=1S/C15H18BrNO3/c1-10-7-12(16)5-4-11(10)8-14(18)17-6-2-3-13(17)9-15(19)20/h4-5,7,13H,2-3,6,8-9H2,1H3,(H,19,20). The average Bonchev–Trinajstić information content (AvgIpc) is 2.80. The van der Waals surface area contributed by atoms with Gasteiger partial charge >= 0.3 is 5.97 Å². The van der Waals surface area contributed by atoms with Crippen LogP contribution in [0.15, 0.2) is 22.7 Å². The Morgan fingerprint density at radius 3 is 2.85 bits per heavy atom. The summed E-state index contributed by atoms with van der Waals surface area (Å²) in [4.78, 5) is 24.9. The Kier molecular flexibility index (Phi) is 4.81. The highest BCUT2D eigenvalue weighted by atomic mass is 79.9. The number of amides is 1. The molecule has 1 heterocycles. The van der Waals surface area contributed by atoms with Crippen molar-refractivity contribution < 1.29 is 14.7 Å². The van der Waals surface area contributed by atoms with Gasteiger partial charge in [0.2, 0.25) is 5.91 Å². The monoisotopic (exact) mass is 339 g/mol. The number of benzene rings is 1. The van der Waals surface area contributed by atoms with Gasteiger partial charge in [-0.1, -0.05) is 22.0 Å². The van der Waals surface area contributed by atoms with Crippen LogP contribution in [-0.4, -0.2) is 34.5 Å². The van der Waals surface area contributed by atoms with Gasteiger partial charge in [0.15, 0.2) is 0 Å². The second-order valence-electron chi connectivity index (χ2n) is 5.23. The molecule has 1 fully saturated rings. The minimum Gasteiger partial charge on any atom is -0.481 e. The molecule has 20 heavy (non-hydrogen) atoms. The summed E-state index contributed by atoms with van der Waals surface area (Å²) < 4.78 is 0.996. The van der Waals surface area contributed by atoms with Gasteiger partial charge in [0.25, 0.3) is 0 Å². The van der Waals surface area contributed by atoms with Crippen molar-refractivity contribution in [1.29, 1.82) is 0 Å². The maximum absolute atomic E-state index is 12.4. The van der Waals surface area contributed by atoms with E-state index in [0.717, 1.165) is 28.4 Å². The van der Waals surface area contributed by atoms with Crippen LogP contribution in [0.5, 0.6) is 0 Å². The molecule has 0 aromatic heterocycles. The zero-order valence-corrected chi connectivity index (χ0v) is 13.0. The van der Waals surface area contributed by atoms with E-state index in [4.69, 9.17) is 5.11 Å². The number of aryl methyl sites for hydroxylation is 1. The van der Waals surface area contributed by atoms with Crippen LogP contribution in [0.3, 0.4) is 0 Å². The first-order valence-electron chi connectivity index (χ1n) is 6.73. The van der Waals surface area contributed by atoms with Crippen LogP contribution in [0.4, 0.5) is 0 Å². The fraction of sp³-hybridized carbons (Fsp3) is 0.467. The Labute approximate surface area is 126 Å². The lowest BCUT2D eigenvalue weighted by molar-refractivity contribution is -0.139. The van der Waals surface area contributed by atoms with Crippen LogP contribution in [-0.2, 0) is 16.0 Å². The third-order valence-corrected chi connectivity index (χ3v) is 4.25. The molecule has 4 nitrogen and oxygen atoms in total. The molecule has 1 atom stereocenters. The molecular formula is C15H18BrNO3. The zero-order valence-electron chi connectivity index (χ0n) is 11.4. The number of likely N-dealkylation sites (tertiary alicyclic amines) is 1. The van der Waals surface area contributed by atoms with E-state index in [0.29, 0.717) is 13.0 Å². The summed E-state index contributed by atoms with van der Waals surface area (Å²) in [5.41, 5.74) is 2.07. The molecule has 0 spiro atoms. The molecular weight excluding hydrogens is 322 g/mol. The molecule has 5 heteroatoms. The van der Waals surface area contributed by atoms with Crippen molar-refractivity contribution in [3.63, 3.8) is 0 Å². The maximum atomic E-state index is 12.4. The van der Waals surface area contributed by atoms with Gasteiger partial charge in [-0.15, -0.1) is 0 Å². The molecule has 1 unspecified atom stereocenters. The SMILES string of the molecule is Cc1cc(Br)ccc1CC(=O)N1CCCC1CC(=O)O. The molecule has 0 saturated carbocycles. The fourth-order valence-corrected chi connectivity index (χ4v) is 3.18. The van der Waals surface area contributed by atoms with E-state index in [2.05, 4.69) is 15.9 Å². The van der Waals surface area contributed by atoms with Crippen molar-refractivity contribution in [2.45, 2.75) is 38.6 Å². The molecule has 0 aliphatic carbocycles. The Bertz CT molecular complexity index is 530. The molecule has 1 aromatic carbocycles. The summed E-state index contributed by atoms with van der Waals surface area (Å²) in [6.45, 7) is 2.65. The molecule has 1 N–H and O–H groups in total. The summed E-state index contributed by atoms with van der Waals surface area (Å²) in [6, 6.07) is 5.71. The molecule has 108 valence electrons. The van der Waals surface area contributed by atoms with Crippen LogP contribution in [0.2, 0.25) is 0 Å². The molecule has 1 aromatic rings. The van der Waals surface area contributed by atoms with Gasteiger partial charge < -0.3 is 10.0 Å². The van der Waals surface area contributed by atoms with Crippen LogP contribution in [0, 0.1) is 6.92 Å². The van der Waals surface area contributed by atoms with E-state index in [9.17, 15) is 9.59 Å². The van der Waals surface area contributed by atoms with Crippen molar-refractivity contribution >= 4 is 27.8 Å². The smallest absolute Gasteiger partial charge is 0.305 e. The Hall–Kier alpha value is -1.36. The highest BCUT2D eigenvalue weighted by Gasteiger charge is 2.30. The Morgan fingerprint density at radius 1 is 1.45 bits per heavy atom. The summed E-state index contributed by atoms with van der Waals surface area (Å²) >= 11 is 3.40. The van der Waals surface area contributed by atoms with Gasteiger partial charge in [0.05, 0.1) is 12.8 Å². The van der Waals surface area contributed by atoms with Gasteiger partial charge in [-0.2, -0.15) is 0 Å². The van der Waals surface area contributed by atoms with Crippen molar-refractivity contribution in [3.05, 3.63) is 33.8 Å². The van der Waals surface area contributed by atoms with Crippen LogP contribution in [0.1, 0.15) is 30.4 Å². The number of halogens is 1. The molecule has 0 radical (unpaired) electrons. The van der Waals surface area contributed by atoms with Gasteiger partial charge in [-0.3, -0.25) is 9.59 Å². The second kappa shape index (κ2) is 6.39. The predicted molar refractivity (Wildman–Crippen MR) is 79.6 cm³/mol. The van der Waals surface area contributed by atoms with E-state index < -0.39 is 5.97 Å². The predicted octanol–water partition coefficient (Wildman–Crippen LogP) is 2.77. The largest absolute Gasteiger partial charge is 0.481 e. The fourth-order valence-electron chi connectivity index (χ4n) is 2.70. The Balaban J connectivity index is 2.05. The topological polar surface area (TPSA) is 57.6 Å². The van der Waals surface area contributed by atoms with E-state index in [-0.39, 0.29) is 18.4 Å². The molecule has 1 aliphatic rings. The Morgan fingerprint density at radius 2 is 2.20 bits per heavy atom. The number of carbonyl (C=O) groups is 2. The summed E-state index contributed by atoms with van der Waals surface area (Å²) in [6.07, 6.45) is 2.07. The molecule has 1 saturated heterocycles. The number of hydrogen-bond acceptors (Lipinski definition) is 2. The lowest BCUT2D eigenvalue weighted by Gasteiger charge is -2.24. The molecule has 1 aliphatic heterocycles. The van der Waals surface area contributed by atoms with Gasteiger partial charge in [0.1, 0.15) is 0 Å².